The van der Waals surface area contributed by atoms with Crippen molar-refractivity contribution in [1.82, 2.24) is 19.3 Å². The first-order valence-corrected chi connectivity index (χ1v) is 14.7. The Balaban J connectivity index is 1.31. The van der Waals surface area contributed by atoms with Crippen LogP contribution in [0.15, 0.2) is 66.9 Å². The molecular weight excluding hydrogens is 566 g/mol. The van der Waals surface area contributed by atoms with Crippen molar-refractivity contribution in [2.45, 2.75) is 19.5 Å². The summed E-state index contributed by atoms with van der Waals surface area (Å²) in [4.78, 5) is 30.4. The number of carbonyl (C=O) groups is 2. The minimum atomic E-state index is -3.81. The van der Waals surface area contributed by atoms with E-state index < -0.39 is 22.2 Å². The van der Waals surface area contributed by atoms with Crippen LogP contribution >= 0.6 is 11.6 Å². The maximum Gasteiger partial charge on any atom is 0.323 e. The Labute approximate surface area is 244 Å². The standard InChI is InChI=1S/C29H30ClN5O5S/c1-21(29(37)40-2)33-41(38,39)35-17-15-34(16-18-35)26-11-7-22(8-12-26)3-4-23-13-14-31-27(19-23)28(36)32-20-24-5-9-25(30)10-6-24/h5-14,19,21,33H,15-18,20H2,1-2H3,(H,32,36)/t21-/m1/s1. The zero-order chi connectivity index (χ0) is 29.4. The molecule has 1 aliphatic heterocycles. The highest BCUT2D eigenvalue weighted by molar-refractivity contribution is 7.87. The van der Waals surface area contributed by atoms with Gasteiger partial charge in [-0.2, -0.15) is 17.4 Å². The third-order valence-corrected chi connectivity index (χ3v) is 8.35. The highest BCUT2D eigenvalue weighted by atomic mass is 35.5. The fourth-order valence-corrected chi connectivity index (χ4v) is 5.58. The van der Waals surface area contributed by atoms with E-state index in [9.17, 15) is 18.0 Å². The fraction of sp³-hybridized carbons (Fsp3) is 0.276. The molecule has 0 aliphatic carbocycles. The molecule has 1 atom stereocenters. The van der Waals surface area contributed by atoms with Crippen molar-refractivity contribution in [3.63, 3.8) is 0 Å². The van der Waals surface area contributed by atoms with E-state index in [4.69, 9.17) is 11.6 Å². The Morgan fingerprint density at radius 1 is 1.00 bits per heavy atom. The highest BCUT2D eigenvalue weighted by Crippen LogP contribution is 2.18. The van der Waals surface area contributed by atoms with Crippen LogP contribution in [0.25, 0.3) is 0 Å². The fourth-order valence-electron chi connectivity index (χ4n) is 4.12. The molecule has 0 unspecified atom stereocenters. The number of aromatic nitrogens is 1. The summed E-state index contributed by atoms with van der Waals surface area (Å²) in [6.07, 6.45) is 1.55. The first-order valence-electron chi connectivity index (χ1n) is 12.9. The van der Waals surface area contributed by atoms with Gasteiger partial charge in [-0.05, 0) is 61.0 Å². The smallest absolute Gasteiger partial charge is 0.323 e. The molecule has 4 rings (SSSR count). The van der Waals surface area contributed by atoms with Crippen molar-refractivity contribution in [3.05, 3.63) is 94.3 Å². The number of hydrogen-bond donors (Lipinski definition) is 2. The van der Waals surface area contributed by atoms with E-state index in [2.05, 4.69) is 36.5 Å². The molecule has 1 fully saturated rings. The van der Waals surface area contributed by atoms with Gasteiger partial charge in [-0.1, -0.05) is 35.6 Å². The van der Waals surface area contributed by atoms with Gasteiger partial charge in [-0.15, -0.1) is 0 Å². The molecule has 2 heterocycles. The van der Waals surface area contributed by atoms with E-state index in [-0.39, 0.29) is 24.7 Å². The third-order valence-electron chi connectivity index (χ3n) is 6.40. The van der Waals surface area contributed by atoms with Crippen molar-refractivity contribution < 1.29 is 22.7 Å². The van der Waals surface area contributed by atoms with Crippen LogP contribution in [0.5, 0.6) is 0 Å². The average Bonchev–Trinajstić information content (AvgIpc) is 2.99. The Kier molecular flexibility index (Phi) is 9.96. The second-order valence-corrected chi connectivity index (χ2v) is 11.4. The number of nitrogens with one attached hydrogen (secondary N) is 2. The molecule has 10 nitrogen and oxygen atoms in total. The molecular formula is C29H30ClN5O5S. The lowest BCUT2D eigenvalue weighted by Crippen LogP contribution is -2.54. The largest absolute Gasteiger partial charge is 0.468 e. The Bertz CT molecular complexity index is 1540. The summed E-state index contributed by atoms with van der Waals surface area (Å²) in [6.45, 7) is 3.36. The molecule has 41 heavy (non-hydrogen) atoms. The molecule has 2 N–H and O–H groups in total. The van der Waals surface area contributed by atoms with Gasteiger partial charge in [0.15, 0.2) is 0 Å². The van der Waals surface area contributed by atoms with Crippen LogP contribution in [-0.4, -0.2) is 68.9 Å². The van der Waals surface area contributed by atoms with Gasteiger partial charge in [-0.25, -0.2) is 0 Å². The first kappa shape index (κ1) is 30.0. The van der Waals surface area contributed by atoms with E-state index >= 15 is 0 Å². The lowest BCUT2D eigenvalue weighted by atomic mass is 10.1. The SMILES string of the molecule is COC(=O)[C@@H](C)NS(=O)(=O)N1CCN(c2ccc(C#Cc3ccnc(C(=O)NCc4ccc(Cl)cc4)c3)cc2)CC1. The average molecular weight is 596 g/mol. The van der Waals surface area contributed by atoms with Crippen molar-refractivity contribution >= 4 is 39.4 Å². The van der Waals surface area contributed by atoms with Crippen LogP contribution in [0.3, 0.4) is 0 Å². The van der Waals surface area contributed by atoms with Gasteiger partial charge >= 0.3 is 5.97 Å². The monoisotopic (exact) mass is 595 g/mol. The lowest BCUT2D eigenvalue weighted by Gasteiger charge is -2.35. The zero-order valence-electron chi connectivity index (χ0n) is 22.6. The number of carbonyl (C=O) groups excluding carboxylic acids is 2. The number of nitrogens with zero attached hydrogens (tertiary/aromatic N) is 3. The number of piperazine rings is 1. The molecule has 3 aromatic rings. The van der Waals surface area contributed by atoms with E-state index in [1.165, 1.54) is 18.3 Å². The first-order chi connectivity index (χ1) is 19.6. The molecule has 1 aromatic heterocycles. The van der Waals surface area contributed by atoms with Crippen LogP contribution in [0, 0.1) is 11.8 Å². The molecule has 12 heteroatoms. The number of ether oxygens (including phenoxy) is 1. The van der Waals surface area contributed by atoms with E-state index in [1.807, 2.05) is 36.4 Å². The van der Waals surface area contributed by atoms with Gasteiger partial charge in [0, 0.05) is 60.8 Å². The summed E-state index contributed by atoms with van der Waals surface area (Å²) in [5, 5.41) is 3.48. The molecule has 0 spiro atoms. The van der Waals surface area contributed by atoms with Gasteiger partial charge in [0.2, 0.25) is 0 Å². The van der Waals surface area contributed by atoms with E-state index in [0.29, 0.717) is 30.2 Å². The zero-order valence-corrected chi connectivity index (χ0v) is 24.2. The number of pyridine rings is 1. The lowest BCUT2D eigenvalue weighted by molar-refractivity contribution is -0.142. The van der Waals surface area contributed by atoms with E-state index in [1.54, 1.807) is 30.5 Å². The van der Waals surface area contributed by atoms with Gasteiger partial charge in [0.25, 0.3) is 16.1 Å². The van der Waals surface area contributed by atoms with Crippen molar-refractivity contribution in [3.8, 4) is 11.8 Å². The maximum absolute atomic E-state index is 12.6. The second kappa shape index (κ2) is 13.6. The molecule has 1 saturated heterocycles. The van der Waals surface area contributed by atoms with Gasteiger partial charge in [0.05, 0.1) is 7.11 Å². The second-order valence-electron chi connectivity index (χ2n) is 9.29. The molecule has 2 aromatic carbocycles. The molecule has 0 radical (unpaired) electrons. The van der Waals surface area contributed by atoms with Gasteiger partial charge < -0.3 is 15.0 Å². The van der Waals surface area contributed by atoms with Gasteiger partial charge in [-0.3, -0.25) is 14.6 Å². The number of benzene rings is 2. The Morgan fingerprint density at radius 3 is 2.32 bits per heavy atom. The minimum absolute atomic E-state index is 0.275. The predicted octanol–water partition coefficient (Wildman–Crippen LogP) is 2.58. The van der Waals surface area contributed by atoms with Crippen LogP contribution in [-0.2, 0) is 26.3 Å². The van der Waals surface area contributed by atoms with Crippen molar-refractivity contribution in [2.24, 2.45) is 0 Å². The van der Waals surface area contributed by atoms with Crippen molar-refractivity contribution in [1.29, 1.82) is 0 Å². The number of halogens is 1. The van der Waals surface area contributed by atoms with Gasteiger partial charge in [0.1, 0.15) is 11.7 Å². The number of amides is 1. The molecule has 0 saturated carbocycles. The summed E-state index contributed by atoms with van der Waals surface area (Å²) in [7, 11) is -2.59. The number of hydrogen-bond acceptors (Lipinski definition) is 7. The number of esters is 1. The van der Waals surface area contributed by atoms with Crippen LogP contribution in [0.2, 0.25) is 5.02 Å². The van der Waals surface area contributed by atoms with Crippen LogP contribution < -0.4 is 14.9 Å². The molecule has 0 bridgehead atoms. The Hall–Kier alpha value is -3.95. The summed E-state index contributed by atoms with van der Waals surface area (Å²) in [5.74, 6) is 5.24. The maximum atomic E-state index is 12.6. The highest BCUT2D eigenvalue weighted by Gasteiger charge is 2.30. The number of anilines is 1. The summed E-state index contributed by atoms with van der Waals surface area (Å²) in [6, 6.07) is 17.3. The van der Waals surface area contributed by atoms with E-state index in [0.717, 1.165) is 16.8 Å². The number of rotatable bonds is 8. The van der Waals surface area contributed by atoms with Crippen LogP contribution in [0.4, 0.5) is 5.69 Å². The summed E-state index contributed by atoms with van der Waals surface area (Å²) >= 11 is 5.90. The summed E-state index contributed by atoms with van der Waals surface area (Å²) < 4.78 is 33.5. The molecule has 1 aliphatic rings. The summed E-state index contributed by atoms with van der Waals surface area (Å²) in [5.41, 5.74) is 3.61. The van der Waals surface area contributed by atoms with Crippen LogP contribution in [0.1, 0.15) is 34.1 Å². The number of methoxy groups -OCH3 is 1. The minimum Gasteiger partial charge on any atom is -0.468 e. The normalized spacial score (nSPS) is 14.5. The molecule has 1 amide bonds. The molecule has 214 valence electrons. The Morgan fingerprint density at radius 2 is 1.66 bits per heavy atom. The topological polar surface area (TPSA) is 121 Å². The predicted molar refractivity (Wildman–Crippen MR) is 157 cm³/mol. The third kappa shape index (κ3) is 8.28. The quantitative estimate of drug-likeness (QED) is 0.303. The van der Waals surface area contributed by atoms with Crippen molar-refractivity contribution in [2.75, 3.05) is 38.2 Å².